The van der Waals surface area contributed by atoms with E-state index in [2.05, 4.69) is 21.2 Å². The smallest absolute Gasteiger partial charge is 0.338 e. The van der Waals surface area contributed by atoms with Gasteiger partial charge in [-0.2, -0.15) is 0 Å². The monoisotopic (exact) mass is 328 g/mol. The maximum Gasteiger partial charge on any atom is 0.338 e. The van der Waals surface area contributed by atoms with E-state index in [0.717, 1.165) is 12.8 Å². The van der Waals surface area contributed by atoms with Crippen molar-refractivity contribution in [1.29, 1.82) is 0 Å². The first kappa shape index (κ1) is 15.5. The number of ether oxygens (including phenoxy) is 1. The number of nitrogens with two attached hydrogens (primary N) is 1. The minimum absolute atomic E-state index is 0.283. The van der Waals surface area contributed by atoms with Gasteiger partial charge in [-0.15, -0.1) is 0 Å². The number of hydrogen-bond acceptors (Lipinski definition) is 4. The second-order valence-corrected chi connectivity index (χ2v) is 4.97. The van der Waals surface area contributed by atoms with Gasteiger partial charge in [0.2, 0.25) is 0 Å². The van der Waals surface area contributed by atoms with E-state index in [-0.39, 0.29) is 12.5 Å². The molecule has 3 N–H and O–H groups in total. The summed E-state index contributed by atoms with van der Waals surface area (Å²) >= 11 is 3.24. The lowest BCUT2D eigenvalue weighted by Crippen LogP contribution is -2.29. The molecule has 19 heavy (non-hydrogen) atoms. The molecule has 0 atom stereocenters. The number of amides is 1. The molecule has 0 heterocycles. The summed E-state index contributed by atoms with van der Waals surface area (Å²) in [4.78, 5) is 23.1. The van der Waals surface area contributed by atoms with E-state index in [4.69, 9.17) is 10.5 Å². The van der Waals surface area contributed by atoms with Crippen LogP contribution < -0.4 is 11.1 Å². The highest BCUT2D eigenvalue weighted by molar-refractivity contribution is 9.10. The Kier molecular flexibility index (Phi) is 6.35. The summed E-state index contributed by atoms with van der Waals surface area (Å²) < 4.78 is 5.59. The fourth-order valence-corrected chi connectivity index (χ4v) is 1.91. The Balaban J connectivity index is 2.44. The minimum atomic E-state index is -0.571. The van der Waals surface area contributed by atoms with Crippen LogP contribution in [0.2, 0.25) is 0 Å². The molecular formula is C13H17BrN2O3. The van der Waals surface area contributed by atoms with Crippen LogP contribution in [0.4, 0.5) is 5.69 Å². The Morgan fingerprint density at radius 3 is 2.74 bits per heavy atom. The molecule has 0 bridgehead atoms. The number of carbonyl (C=O) groups excluding carboxylic acids is 2. The number of unbranched alkanes of at least 4 members (excludes halogenated alkanes) is 1. The largest absolute Gasteiger partial charge is 0.452 e. The average molecular weight is 329 g/mol. The van der Waals surface area contributed by atoms with Gasteiger partial charge in [-0.25, -0.2) is 4.79 Å². The summed E-state index contributed by atoms with van der Waals surface area (Å²) in [6.07, 6.45) is 1.90. The molecule has 0 saturated carbocycles. The third kappa shape index (κ3) is 5.74. The Hall–Kier alpha value is -1.56. The van der Waals surface area contributed by atoms with Gasteiger partial charge < -0.3 is 15.8 Å². The fraction of sp³-hybridized carbons (Fsp3) is 0.385. The van der Waals surface area contributed by atoms with Crippen molar-refractivity contribution in [3.8, 4) is 0 Å². The van der Waals surface area contributed by atoms with Gasteiger partial charge in [-0.05, 0) is 24.6 Å². The highest BCUT2D eigenvalue weighted by Gasteiger charge is 2.11. The number of rotatable bonds is 6. The van der Waals surface area contributed by atoms with Crippen molar-refractivity contribution in [3.63, 3.8) is 0 Å². The molecule has 0 spiro atoms. The Morgan fingerprint density at radius 2 is 2.11 bits per heavy atom. The number of esters is 1. The van der Waals surface area contributed by atoms with E-state index in [1.807, 2.05) is 6.92 Å². The number of nitrogens with one attached hydrogen (secondary N) is 1. The van der Waals surface area contributed by atoms with Crippen LogP contribution >= 0.6 is 15.9 Å². The number of anilines is 1. The molecule has 6 heteroatoms. The Morgan fingerprint density at radius 1 is 1.37 bits per heavy atom. The first-order valence-corrected chi connectivity index (χ1v) is 6.82. The zero-order valence-electron chi connectivity index (χ0n) is 10.7. The first-order chi connectivity index (χ1) is 9.02. The van der Waals surface area contributed by atoms with Gasteiger partial charge in [0.15, 0.2) is 6.61 Å². The summed E-state index contributed by atoms with van der Waals surface area (Å²) in [6.45, 7) is 2.34. The normalized spacial score (nSPS) is 10.0. The molecule has 0 saturated heterocycles. The van der Waals surface area contributed by atoms with Crippen LogP contribution in [0, 0.1) is 0 Å². The molecule has 0 fully saturated rings. The standard InChI is InChI=1S/C13H17BrN2O3/c1-2-3-4-16-12(17)8-19-13(18)9-5-10(14)7-11(15)6-9/h5-7H,2-4,8,15H2,1H3,(H,16,17). The SMILES string of the molecule is CCCCNC(=O)COC(=O)c1cc(N)cc(Br)c1. The van der Waals surface area contributed by atoms with Crippen LogP contribution in [0.25, 0.3) is 0 Å². The zero-order chi connectivity index (χ0) is 14.3. The predicted molar refractivity (Wildman–Crippen MR) is 76.8 cm³/mol. The lowest BCUT2D eigenvalue weighted by molar-refractivity contribution is -0.124. The number of halogens is 1. The lowest BCUT2D eigenvalue weighted by Gasteiger charge is -2.07. The third-order valence-corrected chi connectivity index (χ3v) is 2.80. The maximum atomic E-state index is 11.7. The summed E-state index contributed by atoms with van der Waals surface area (Å²) in [5.74, 6) is -0.872. The van der Waals surface area contributed by atoms with E-state index in [1.165, 1.54) is 6.07 Å². The second-order valence-electron chi connectivity index (χ2n) is 4.05. The molecule has 0 unspecified atom stereocenters. The van der Waals surface area contributed by atoms with Crippen molar-refractivity contribution >= 4 is 33.5 Å². The molecular weight excluding hydrogens is 312 g/mol. The van der Waals surface area contributed by atoms with Crippen molar-refractivity contribution in [3.05, 3.63) is 28.2 Å². The summed E-state index contributed by atoms with van der Waals surface area (Å²) in [5.41, 5.74) is 6.38. The topological polar surface area (TPSA) is 81.4 Å². The van der Waals surface area contributed by atoms with E-state index in [9.17, 15) is 9.59 Å². The Labute approximate surface area is 120 Å². The van der Waals surface area contributed by atoms with Crippen LogP contribution in [-0.2, 0) is 9.53 Å². The molecule has 0 aliphatic rings. The van der Waals surface area contributed by atoms with Gasteiger partial charge in [0.05, 0.1) is 5.56 Å². The number of hydrogen-bond donors (Lipinski definition) is 2. The summed E-state index contributed by atoms with van der Waals surface area (Å²) in [7, 11) is 0. The van der Waals surface area contributed by atoms with Crippen LogP contribution in [0.15, 0.2) is 22.7 Å². The second kappa shape index (κ2) is 7.78. The van der Waals surface area contributed by atoms with Crippen molar-refractivity contribution in [2.45, 2.75) is 19.8 Å². The van der Waals surface area contributed by atoms with Crippen molar-refractivity contribution in [1.82, 2.24) is 5.32 Å². The fourth-order valence-electron chi connectivity index (χ4n) is 1.40. The number of benzene rings is 1. The van der Waals surface area contributed by atoms with E-state index in [1.54, 1.807) is 12.1 Å². The van der Waals surface area contributed by atoms with Crippen LogP contribution in [0.3, 0.4) is 0 Å². The molecule has 1 rings (SSSR count). The van der Waals surface area contributed by atoms with E-state index >= 15 is 0 Å². The third-order valence-electron chi connectivity index (χ3n) is 2.34. The highest BCUT2D eigenvalue weighted by atomic mass is 79.9. The molecule has 0 aliphatic carbocycles. The molecule has 1 aromatic carbocycles. The molecule has 104 valence electrons. The lowest BCUT2D eigenvalue weighted by atomic mass is 10.2. The van der Waals surface area contributed by atoms with Crippen LogP contribution in [0.1, 0.15) is 30.1 Å². The molecule has 0 aromatic heterocycles. The average Bonchev–Trinajstić information content (AvgIpc) is 2.35. The minimum Gasteiger partial charge on any atom is -0.452 e. The van der Waals surface area contributed by atoms with Crippen molar-refractivity contribution in [2.75, 3.05) is 18.9 Å². The van der Waals surface area contributed by atoms with Gasteiger partial charge in [0.25, 0.3) is 5.91 Å². The molecule has 5 nitrogen and oxygen atoms in total. The van der Waals surface area contributed by atoms with Gasteiger partial charge in [0.1, 0.15) is 0 Å². The maximum absolute atomic E-state index is 11.7. The van der Waals surface area contributed by atoms with Gasteiger partial charge in [-0.3, -0.25) is 4.79 Å². The van der Waals surface area contributed by atoms with E-state index < -0.39 is 5.97 Å². The van der Waals surface area contributed by atoms with E-state index in [0.29, 0.717) is 22.3 Å². The van der Waals surface area contributed by atoms with Crippen LogP contribution in [-0.4, -0.2) is 25.0 Å². The van der Waals surface area contributed by atoms with Crippen LogP contribution in [0.5, 0.6) is 0 Å². The van der Waals surface area contributed by atoms with Gasteiger partial charge in [-0.1, -0.05) is 29.3 Å². The Bertz CT molecular complexity index is 443. The summed E-state index contributed by atoms with van der Waals surface area (Å²) in [6, 6.07) is 4.77. The van der Waals surface area contributed by atoms with Gasteiger partial charge in [0, 0.05) is 16.7 Å². The predicted octanol–water partition coefficient (Wildman–Crippen LogP) is 2.10. The first-order valence-electron chi connectivity index (χ1n) is 6.02. The molecule has 0 radical (unpaired) electrons. The highest BCUT2D eigenvalue weighted by Crippen LogP contribution is 2.17. The zero-order valence-corrected chi connectivity index (χ0v) is 12.3. The van der Waals surface area contributed by atoms with Crippen molar-refractivity contribution < 1.29 is 14.3 Å². The number of carbonyl (C=O) groups is 2. The van der Waals surface area contributed by atoms with Crippen molar-refractivity contribution in [2.24, 2.45) is 0 Å². The molecule has 1 aromatic rings. The summed E-state index contributed by atoms with van der Waals surface area (Å²) in [5, 5.41) is 2.66. The molecule has 0 aliphatic heterocycles. The molecule has 1 amide bonds. The quantitative estimate of drug-likeness (QED) is 0.476. The number of nitrogen functional groups attached to an aromatic ring is 1. The van der Waals surface area contributed by atoms with Gasteiger partial charge >= 0.3 is 5.97 Å².